The maximum absolute atomic E-state index is 13.3. The van der Waals surface area contributed by atoms with Crippen LogP contribution in [-0.2, 0) is 20.9 Å². The zero-order valence-electron chi connectivity index (χ0n) is 10.7. The molecule has 0 unspecified atom stereocenters. The fraction of sp³-hybridized carbons (Fsp3) is 0.429. The highest BCUT2D eigenvalue weighted by atomic mass is 19.1. The first-order valence-corrected chi connectivity index (χ1v) is 6.24. The van der Waals surface area contributed by atoms with Crippen molar-refractivity contribution in [2.24, 2.45) is 11.8 Å². The minimum Gasteiger partial charge on any atom is -0.455 e. The van der Waals surface area contributed by atoms with Crippen LogP contribution in [0.2, 0.25) is 0 Å². The number of ether oxygens (including phenoxy) is 1. The minimum absolute atomic E-state index is 0.0561. The Hall–Kier alpha value is -1.91. The highest BCUT2D eigenvalue weighted by molar-refractivity contribution is 5.82. The van der Waals surface area contributed by atoms with E-state index in [0.717, 1.165) is 6.42 Å². The molecule has 4 nitrogen and oxygen atoms in total. The first-order chi connectivity index (χ1) is 9.08. The number of carbonyl (C=O) groups excluding carboxylic acids is 2. The zero-order valence-corrected chi connectivity index (χ0v) is 10.7. The minimum atomic E-state index is -0.426. The van der Waals surface area contributed by atoms with Gasteiger partial charge in [-0.2, -0.15) is 0 Å². The third-order valence-electron chi connectivity index (χ3n) is 3.19. The molecule has 1 fully saturated rings. The highest BCUT2D eigenvalue weighted by Gasteiger charge is 2.40. The monoisotopic (exact) mass is 265 g/mol. The summed E-state index contributed by atoms with van der Waals surface area (Å²) in [4.78, 5) is 22.8. The van der Waals surface area contributed by atoms with Crippen LogP contribution in [0.4, 0.5) is 4.39 Å². The lowest BCUT2D eigenvalue weighted by Crippen LogP contribution is -2.29. The van der Waals surface area contributed by atoms with Crippen molar-refractivity contribution >= 4 is 11.9 Å². The smallest absolute Gasteiger partial charge is 0.309 e. The lowest BCUT2D eigenvalue weighted by molar-refractivity contribution is -0.150. The molecule has 1 saturated carbocycles. The van der Waals surface area contributed by atoms with Gasteiger partial charge in [-0.25, -0.2) is 4.39 Å². The molecule has 1 N–H and O–H groups in total. The Kier molecular flexibility index (Phi) is 4.14. The lowest BCUT2D eigenvalue weighted by Gasteiger charge is -2.07. The van der Waals surface area contributed by atoms with Gasteiger partial charge in [-0.15, -0.1) is 0 Å². The molecule has 0 aliphatic heterocycles. The topological polar surface area (TPSA) is 55.4 Å². The molecule has 0 heterocycles. The third kappa shape index (κ3) is 3.77. The van der Waals surface area contributed by atoms with Gasteiger partial charge < -0.3 is 10.1 Å². The van der Waals surface area contributed by atoms with E-state index < -0.39 is 5.91 Å². The second kappa shape index (κ2) is 5.82. The largest absolute Gasteiger partial charge is 0.455 e. The maximum Gasteiger partial charge on any atom is 0.309 e. The van der Waals surface area contributed by atoms with E-state index in [9.17, 15) is 14.0 Å². The van der Waals surface area contributed by atoms with E-state index in [4.69, 9.17) is 4.74 Å². The van der Waals surface area contributed by atoms with Gasteiger partial charge in [0.2, 0.25) is 0 Å². The van der Waals surface area contributed by atoms with Crippen molar-refractivity contribution in [3.05, 3.63) is 35.6 Å². The molecular weight excluding hydrogens is 249 g/mol. The number of rotatable bonds is 5. The van der Waals surface area contributed by atoms with E-state index in [-0.39, 0.29) is 30.9 Å². The van der Waals surface area contributed by atoms with Crippen molar-refractivity contribution in [2.45, 2.75) is 19.9 Å². The second-order valence-corrected chi connectivity index (χ2v) is 4.80. The van der Waals surface area contributed by atoms with Crippen LogP contribution in [-0.4, -0.2) is 18.5 Å². The van der Waals surface area contributed by atoms with Crippen LogP contribution < -0.4 is 5.32 Å². The van der Waals surface area contributed by atoms with Crippen molar-refractivity contribution < 1.29 is 18.7 Å². The SMILES string of the molecule is C[C@H]1C[C@H]1C(=O)OCC(=O)NCc1ccccc1F. The van der Waals surface area contributed by atoms with E-state index >= 15 is 0 Å². The van der Waals surface area contributed by atoms with Crippen LogP contribution in [0.3, 0.4) is 0 Å². The molecular formula is C14H16FNO3. The Morgan fingerprint density at radius 1 is 1.42 bits per heavy atom. The molecule has 1 aromatic rings. The first-order valence-electron chi connectivity index (χ1n) is 6.24. The summed E-state index contributed by atoms with van der Waals surface area (Å²) in [7, 11) is 0. The molecule has 0 aromatic heterocycles. The second-order valence-electron chi connectivity index (χ2n) is 4.80. The number of carbonyl (C=O) groups is 2. The van der Waals surface area contributed by atoms with Crippen molar-refractivity contribution in [3.63, 3.8) is 0 Å². The highest BCUT2D eigenvalue weighted by Crippen LogP contribution is 2.38. The lowest BCUT2D eigenvalue weighted by atomic mass is 10.2. The number of halogens is 1. The van der Waals surface area contributed by atoms with Crippen molar-refractivity contribution in [1.82, 2.24) is 5.32 Å². The Bertz CT molecular complexity index is 489. The summed E-state index contributed by atoms with van der Waals surface area (Å²) in [5.74, 6) is -0.821. The van der Waals surface area contributed by atoms with Gasteiger partial charge in [0.1, 0.15) is 5.82 Å². The molecule has 0 bridgehead atoms. The van der Waals surface area contributed by atoms with Crippen LogP contribution >= 0.6 is 0 Å². The Morgan fingerprint density at radius 2 is 2.11 bits per heavy atom. The average molecular weight is 265 g/mol. The predicted octanol–water partition coefficient (Wildman–Crippen LogP) is 1.64. The van der Waals surface area contributed by atoms with E-state index in [2.05, 4.69) is 5.32 Å². The fourth-order valence-corrected chi connectivity index (χ4v) is 1.78. The fourth-order valence-electron chi connectivity index (χ4n) is 1.78. The number of nitrogens with one attached hydrogen (secondary N) is 1. The molecule has 0 saturated heterocycles. The van der Waals surface area contributed by atoms with E-state index in [1.165, 1.54) is 6.07 Å². The van der Waals surface area contributed by atoms with Gasteiger partial charge in [0.25, 0.3) is 5.91 Å². The summed E-state index contributed by atoms with van der Waals surface area (Å²) in [6, 6.07) is 6.20. The first kappa shape index (κ1) is 13.5. The van der Waals surface area contributed by atoms with Crippen LogP contribution in [0.25, 0.3) is 0 Å². The summed E-state index contributed by atoms with van der Waals surface area (Å²) in [5, 5.41) is 2.51. The predicted molar refractivity (Wildman–Crippen MR) is 66.5 cm³/mol. The third-order valence-corrected chi connectivity index (χ3v) is 3.19. The average Bonchev–Trinajstić information content (AvgIpc) is 3.12. The van der Waals surface area contributed by atoms with Gasteiger partial charge in [-0.05, 0) is 18.4 Å². The molecule has 102 valence electrons. The maximum atomic E-state index is 13.3. The molecule has 0 radical (unpaired) electrons. The zero-order chi connectivity index (χ0) is 13.8. The van der Waals surface area contributed by atoms with Crippen LogP contribution in [0.5, 0.6) is 0 Å². The number of hydrogen-bond acceptors (Lipinski definition) is 3. The molecule has 1 amide bonds. The number of hydrogen-bond donors (Lipinski definition) is 1. The summed E-state index contributed by atoms with van der Waals surface area (Å²) in [5.41, 5.74) is 0.401. The van der Waals surface area contributed by atoms with Gasteiger partial charge in [0, 0.05) is 12.1 Å². The molecule has 1 aliphatic carbocycles. The van der Waals surface area contributed by atoms with Crippen LogP contribution in [0.15, 0.2) is 24.3 Å². The standard InChI is InChI=1S/C14H16FNO3/c1-9-6-11(9)14(18)19-8-13(17)16-7-10-4-2-3-5-12(10)15/h2-5,9,11H,6-8H2,1H3,(H,16,17)/t9-,11+/m0/s1. The summed E-state index contributed by atoms with van der Waals surface area (Å²) >= 11 is 0. The molecule has 1 aromatic carbocycles. The van der Waals surface area contributed by atoms with Crippen LogP contribution in [0, 0.1) is 17.7 Å². The van der Waals surface area contributed by atoms with E-state index in [0.29, 0.717) is 11.5 Å². The van der Waals surface area contributed by atoms with Gasteiger partial charge in [0.15, 0.2) is 6.61 Å². The van der Waals surface area contributed by atoms with E-state index in [1.54, 1.807) is 18.2 Å². The molecule has 1 aliphatic rings. The molecule has 0 spiro atoms. The number of benzene rings is 1. The molecule has 19 heavy (non-hydrogen) atoms. The normalized spacial score (nSPS) is 20.7. The number of amides is 1. The quantitative estimate of drug-likeness (QED) is 0.823. The molecule has 5 heteroatoms. The van der Waals surface area contributed by atoms with Gasteiger partial charge >= 0.3 is 5.97 Å². The van der Waals surface area contributed by atoms with E-state index in [1.807, 2.05) is 6.92 Å². The Morgan fingerprint density at radius 3 is 2.74 bits per heavy atom. The van der Waals surface area contributed by atoms with Gasteiger partial charge in [0.05, 0.1) is 5.92 Å². The Labute approximate surface area is 110 Å². The summed E-state index contributed by atoms with van der Waals surface area (Å²) < 4.78 is 18.1. The Balaban J connectivity index is 1.70. The molecule has 2 rings (SSSR count). The van der Waals surface area contributed by atoms with Gasteiger partial charge in [-0.1, -0.05) is 25.1 Å². The van der Waals surface area contributed by atoms with Crippen molar-refractivity contribution in [2.75, 3.05) is 6.61 Å². The van der Waals surface area contributed by atoms with Crippen molar-refractivity contribution in [1.29, 1.82) is 0 Å². The summed E-state index contributed by atoms with van der Waals surface area (Å²) in [6.07, 6.45) is 0.829. The molecule has 2 atom stereocenters. The summed E-state index contributed by atoms with van der Waals surface area (Å²) in [6.45, 7) is 1.74. The van der Waals surface area contributed by atoms with Crippen LogP contribution in [0.1, 0.15) is 18.9 Å². The van der Waals surface area contributed by atoms with Gasteiger partial charge in [-0.3, -0.25) is 9.59 Å². The van der Waals surface area contributed by atoms with Crippen molar-refractivity contribution in [3.8, 4) is 0 Å². The number of esters is 1.